The number of hydrogen-bond donors (Lipinski definition) is 1. The minimum Gasteiger partial charge on any atom is -0.361 e. The van der Waals surface area contributed by atoms with Crippen LogP contribution in [0.25, 0.3) is 0 Å². The van der Waals surface area contributed by atoms with Crippen LogP contribution in [0.1, 0.15) is 33.6 Å². The van der Waals surface area contributed by atoms with Gasteiger partial charge in [-0.1, -0.05) is 36.4 Å². The maximum atomic E-state index is 6.09. The zero-order chi connectivity index (χ0) is 9.90. The van der Waals surface area contributed by atoms with E-state index in [0.717, 1.165) is 25.9 Å². The Hall–Kier alpha value is 0.650. The molecular weight excluding hydrogens is 277 g/mol. The summed E-state index contributed by atoms with van der Waals surface area (Å²) in [6, 6.07) is 0. The number of nitrogens with one attached hydrogen (secondary N) is 1. The van der Waals surface area contributed by atoms with Crippen molar-refractivity contribution in [3.63, 3.8) is 0 Å². The summed E-state index contributed by atoms with van der Waals surface area (Å²) in [6.07, 6.45) is 2.30. The Morgan fingerprint density at radius 1 is 1.23 bits per heavy atom. The highest BCUT2D eigenvalue weighted by Gasteiger charge is 2.37. The minimum absolute atomic E-state index is 0.131. The molecule has 1 N–H and O–H groups in total. The predicted octanol–water partition coefficient (Wildman–Crippen LogP) is 2.56. The molecule has 0 spiro atoms. The first-order valence-electron chi connectivity index (χ1n) is 5.09. The Bertz CT molecular complexity index is 153. The molecule has 1 fully saturated rings. The second-order valence-corrected chi connectivity index (χ2v) is 5.88. The molecule has 0 aliphatic carbocycles. The van der Waals surface area contributed by atoms with E-state index in [9.17, 15) is 0 Å². The van der Waals surface area contributed by atoms with Gasteiger partial charge in [0.25, 0.3) is 0 Å². The van der Waals surface area contributed by atoms with E-state index in [1.165, 1.54) is 0 Å². The lowest BCUT2D eigenvalue weighted by Gasteiger charge is -2.42. The third-order valence-corrected chi connectivity index (χ3v) is 3.15. The van der Waals surface area contributed by atoms with Crippen LogP contribution in [-0.4, -0.2) is 22.8 Å². The average molecular weight is 297 g/mol. The third-order valence-electron chi connectivity index (χ3n) is 2.90. The first-order chi connectivity index (χ1) is 6.07. The Morgan fingerprint density at radius 3 is 2.15 bits per heavy atom. The van der Waals surface area contributed by atoms with Crippen LogP contribution in [0.4, 0.5) is 0 Å². The first-order valence-corrected chi connectivity index (χ1v) is 6.34. The number of rotatable bonds is 3. The summed E-state index contributed by atoms with van der Waals surface area (Å²) in [5.74, 6) is 0.617. The Morgan fingerprint density at radius 2 is 1.77 bits per heavy atom. The Kier molecular flexibility index (Phi) is 4.45. The molecule has 78 valence electrons. The van der Waals surface area contributed by atoms with Gasteiger partial charge in [0.15, 0.2) is 0 Å². The van der Waals surface area contributed by atoms with Gasteiger partial charge in [0.2, 0.25) is 0 Å². The molecule has 0 radical (unpaired) electrons. The van der Waals surface area contributed by atoms with Gasteiger partial charge in [0.05, 0.1) is 5.60 Å². The smallest absolute Gasteiger partial charge is 0.106 e. The fraction of sp³-hybridized carbons (Fsp3) is 1.00. The number of halogens is 1. The largest absolute Gasteiger partial charge is 0.361 e. The highest BCUT2D eigenvalue weighted by molar-refractivity contribution is 14.1. The Labute approximate surface area is 94.9 Å². The summed E-state index contributed by atoms with van der Waals surface area (Å²) in [5, 5.41) is 3.39. The average Bonchev–Trinajstić information content (AvgIpc) is 2.04. The summed E-state index contributed by atoms with van der Waals surface area (Å²) in [7, 11) is 0. The lowest BCUT2D eigenvalue weighted by Crippen LogP contribution is -2.48. The molecule has 0 bridgehead atoms. The predicted molar refractivity (Wildman–Crippen MR) is 64.2 cm³/mol. The van der Waals surface area contributed by atoms with Gasteiger partial charge in [0, 0.05) is 0 Å². The molecule has 2 nitrogen and oxygen atoms in total. The van der Waals surface area contributed by atoms with Crippen molar-refractivity contribution in [1.29, 1.82) is 0 Å². The van der Waals surface area contributed by atoms with E-state index >= 15 is 0 Å². The van der Waals surface area contributed by atoms with Crippen molar-refractivity contribution in [1.82, 2.24) is 5.32 Å². The van der Waals surface area contributed by atoms with Gasteiger partial charge >= 0.3 is 0 Å². The molecule has 1 rings (SSSR count). The van der Waals surface area contributed by atoms with Gasteiger partial charge in [-0.3, -0.25) is 0 Å². The summed E-state index contributed by atoms with van der Waals surface area (Å²) >= 11 is 2.35. The molecule has 1 aliphatic heterocycles. The molecule has 0 aromatic rings. The monoisotopic (exact) mass is 297 g/mol. The van der Waals surface area contributed by atoms with Crippen LogP contribution in [0.2, 0.25) is 0 Å². The van der Waals surface area contributed by atoms with Crippen LogP contribution in [0.5, 0.6) is 0 Å². The highest BCUT2D eigenvalue weighted by atomic mass is 127. The van der Waals surface area contributed by atoms with Gasteiger partial charge in [-0.05, 0) is 38.8 Å². The number of piperidine rings is 1. The van der Waals surface area contributed by atoms with Gasteiger partial charge in [-0.15, -0.1) is 0 Å². The van der Waals surface area contributed by atoms with Crippen molar-refractivity contribution in [2.75, 3.05) is 13.1 Å². The van der Waals surface area contributed by atoms with Gasteiger partial charge in [-0.25, -0.2) is 0 Å². The summed E-state index contributed by atoms with van der Waals surface area (Å²) < 4.78 is 6.40. The zero-order valence-electron chi connectivity index (χ0n) is 8.77. The van der Waals surface area contributed by atoms with Crippen LogP contribution in [0.3, 0.4) is 0 Å². The quantitative estimate of drug-likeness (QED) is 0.638. The number of hydrogen-bond acceptors (Lipinski definition) is 2. The van der Waals surface area contributed by atoms with E-state index < -0.39 is 0 Å². The van der Waals surface area contributed by atoms with Crippen molar-refractivity contribution >= 4 is 22.6 Å². The van der Waals surface area contributed by atoms with Crippen molar-refractivity contribution < 1.29 is 4.74 Å². The van der Waals surface area contributed by atoms with E-state index in [4.69, 9.17) is 4.74 Å². The van der Waals surface area contributed by atoms with Crippen molar-refractivity contribution in [3.8, 4) is 0 Å². The summed E-state index contributed by atoms with van der Waals surface area (Å²) in [5.41, 5.74) is 0.131. The summed E-state index contributed by atoms with van der Waals surface area (Å²) in [4.78, 5) is 0. The SMILES string of the molecule is CC(C)C1(O[C@H](C)I)CCNCC1. The fourth-order valence-electron chi connectivity index (χ4n) is 2.00. The van der Waals surface area contributed by atoms with Gasteiger partial charge < -0.3 is 10.1 Å². The minimum atomic E-state index is 0.131. The third kappa shape index (κ3) is 3.06. The van der Waals surface area contributed by atoms with Crippen LogP contribution in [0, 0.1) is 5.92 Å². The van der Waals surface area contributed by atoms with Gasteiger partial charge in [0.1, 0.15) is 4.11 Å². The highest BCUT2D eigenvalue weighted by Crippen LogP contribution is 2.33. The molecule has 1 heterocycles. The molecule has 1 saturated heterocycles. The first kappa shape index (κ1) is 11.7. The van der Waals surface area contributed by atoms with E-state index in [2.05, 4.69) is 48.7 Å². The maximum Gasteiger partial charge on any atom is 0.106 e. The van der Waals surface area contributed by atoms with E-state index in [0.29, 0.717) is 10.0 Å². The molecule has 1 atom stereocenters. The van der Waals surface area contributed by atoms with Crippen molar-refractivity contribution in [2.24, 2.45) is 5.92 Å². The standard InChI is InChI=1S/C10H20INO/c1-8(2)10(13-9(3)11)4-6-12-7-5-10/h8-9,12H,4-7H2,1-3H3/t9-/m1/s1. The Balaban J connectivity index is 2.61. The maximum absolute atomic E-state index is 6.09. The van der Waals surface area contributed by atoms with Gasteiger partial charge in [-0.2, -0.15) is 0 Å². The van der Waals surface area contributed by atoms with Crippen LogP contribution < -0.4 is 5.32 Å². The van der Waals surface area contributed by atoms with Crippen LogP contribution in [-0.2, 0) is 4.74 Å². The molecule has 0 unspecified atom stereocenters. The van der Waals surface area contributed by atoms with E-state index in [-0.39, 0.29) is 5.60 Å². The van der Waals surface area contributed by atoms with Crippen LogP contribution in [0.15, 0.2) is 0 Å². The second-order valence-electron chi connectivity index (χ2n) is 4.13. The molecule has 1 aliphatic rings. The summed E-state index contributed by atoms with van der Waals surface area (Å²) in [6.45, 7) is 8.85. The van der Waals surface area contributed by atoms with E-state index in [1.54, 1.807) is 0 Å². The van der Waals surface area contributed by atoms with Crippen LogP contribution >= 0.6 is 22.6 Å². The molecule has 0 saturated carbocycles. The van der Waals surface area contributed by atoms with Crippen molar-refractivity contribution in [2.45, 2.75) is 43.3 Å². The van der Waals surface area contributed by atoms with E-state index in [1.807, 2.05) is 0 Å². The molecule has 3 heteroatoms. The second kappa shape index (κ2) is 4.94. The number of alkyl halides is 1. The number of ether oxygens (including phenoxy) is 1. The molecule has 0 aromatic carbocycles. The lowest BCUT2D eigenvalue weighted by molar-refractivity contribution is -0.0984. The molecule has 0 aromatic heterocycles. The zero-order valence-corrected chi connectivity index (χ0v) is 10.9. The lowest BCUT2D eigenvalue weighted by atomic mass is 9.82. The van der Waals surface area contributed by atoms with Crippen molar-refractivity contribution in [3.05, 3.63) is 0 Å². The molecular formula is C10H20INO. The topological polar surface area (TPSA) is 21.3 Å². The molecule has 0 amide bonds. The fourth-order valence-corrected chi connectivity index (χ4v) is 2.51. The molecule has 13 heavy (non-hydrogen) atoms. The normalized spacial score (nSPS) is 24.7.